The number of rotatable bonds is 8. The summed E-state index contributed by atoms with van der Waals surface area (Å²) < 4.78 is 26.3. The lowest BCUT2D eigenvalue weighted by molar-refractivity contribution is -0.114. The van der Waals surface area contributed by atoms with Gasteiger partial charge in [-0.2, -0.15) is 0 Å². The molecule has 1 aromatic rings. The highest BCUT2D eigenvalue weighted by Crippen LogP contribution is 2.20. The molecule has 0 aromatic carbocycles. The Hall–Kier alpha value is -1.10. The quantitative estimate of drug-likeness (QED) is 0.585. The summed E-state index contributed by atoms with van der Waals surface area (Å²) in [5, 5.41) is 9.72. The Morgan fingerprint density at radius 3 is 2.70 bits per heavy atom. The summed E-state index contributed by atoms with van der Waals surface area (Å²) >= 11 is 0.811. The zero-order valence-electron chi connectivity index (χ0n) is 11.4. The third kappa shape index (κ3) is 5.12. The first-order valence-electron chi connectivity index (χ1n) is 6.19. The van der Waals surface area contributed by atoms with Crippen LogP contribution in [0, 0.1) is 5.92 Å². The number of aromatic nitrogens is 2. The number of hydrogen-bond acceptors (Lipinski definition) is 7. The molecule has 1 aromatic heterocycles. The van der Waals surface area contributed by atoms with Crippen molar-refractivity contribution < 1.29 is 13.2 Å². The highest BCUT2D eigenvalue weighted by Gasteiger charge is 2.21. The lowest BCUT2D eigenvalue weighted by Crippen LogP contribution is -2.30. The average molecular weight is 321 g/mol. The molecule has 0 spiro atoms. The van der Waals surface area contributed by atoms with E-state index in [4.69, 9.17) is 5.73 Å². The number of carbonyl (C=O) groups excluding carboxylic acids is 1. The number of sulfonamides is 1. The summed E-state index contributed by atoms with van der Waals surface area (Å²) in [5.74, 6) is -0.135. The third-order valence-electron chi connectivity index (χ3n) is 2.63. The van der Waals surface area contributed by atoms with Gasteiger partial charge in [0, 0.05) is 13.5 Å². The second-order valence-corrected chi connectivity index (χ2v) is 7.18. The Kier molecular flexibility index (Phi) is 6.46. The summed E-state index contributed by atoms with van der Waals surface area (Å²) in [6.45, 7) is 4.12. The Bertz CT molecular complexity index is 543. The molecule has 20 heavy (non-hydrogen) atoms. The second-order valence-electron chi connectivity index (χ2n) is 4.26. The van der Waals surface area contributed by atoms with E-state index in [1.807, 2.05) is 6.92 Å². The maximum absolute atomic E-state index is 12.0. The van der Waals surface area contributed by atoms with E-state index in [9.17, 15) is 13.2 Å². The maximum atomic E-state index is 12.0. The lowest BCUT2D eigenvalue weighted by Gasteiger charge is -2.13. The van der Waals surface area contributed by atoms with Crippen LogP contribution < -0.4 is 15.8 Å². The zero-order valence-corrected chi connectivity index (χ0v) is 13.1. The number of amides is 1. The first-order chi connectivity index (χ1) is 9.39. The van der Waals surface area contributed by atoms with Crippen LogP contribution in [0.2, 0.25) is 0 Å². The minimum Gasteiger partial charge on any atom is -0.330 e. The first-order valence-corrected chi connectivity index (χ1v) is 8.49. The van der Waals surface area contributed by atoms with Crippen LogP contribution in [0.1, 0.15) is 26.7 Å². The van der Waals surface area contributed by atoms with Crippen molar-refractivity contribution in [1.29, 1.82) is 0 Å². The van der Waals surface area contributed by atoms with Crippen LogP contribution in [0.3, 0.4) is 0 Å². The second kappa shape index (κ2) is 7.62. The Balaban J connectivity index is 2.68. The van der Waals surface area contributed by atoms with Gasteiger partial charge >= 0.3 is 0 Å². The van der Waals surface area contributed by atoms with E-state index in [0.29, 0.717) is 13.1 Å². The lowest BCUT2D eigenvalue weighted by atomic mass is 10.0. The van der Waals surface area contributed by atoms with Gasteiger partial charge in [-0.25, -0.2) is 13.1 Å². The van der Waals surface area contributed by atoms with E-state index in [2.05, 4.69) is 20.2 Å². The molecule has 4 N–H and O–H groups in total. The molecular weight excluding hydrogens is 302 g/mol. The van der Waals surface area contributed by atoms with Crippen LogP contribution in [-0.2, 0) is 14.8 Å². The molecule has 10 heteroatoms. The maximum Gasteiger partial charge on any atom is 0.269 e. The van der Waals surface area contributed by atoms with E-state index in [0.717, 1.165) is 24.2 Å². The van der Waals surface area contributed by atoms with Gasteiger partial charge in [-0.1, -0.05) is 24.7 Å². The van der Waals surface area contributed by atoms with Crippen LogP contribution >= 0.6 is 11.3 Å². The fraction of sp³-hybridized carbons (Fsp3) is 0.700. The van der Waals surface area contributed by atoms with Gasteiger partial charge in [0.05, 0.1) is 0 Å². The molecular formula is C10H19N5O3S2. The fourth-order valence-corrected chi connectivity index (χ4v) is 3.60. The van der Waals surface area contributed by atoms with E-state index in [1.54, 1.807) is 0 Å². The van der Waals surface area contributed by atoms with Crippen molar-refractivity contribution in [2.45, 2.75) is 31.0 Å². The van der Waals surface area contributed by atoms with E-state index in [1.165, 1.54) is 6.92 Å². The van der Waals surface area contributed by atoms with Crippen LogP contribution in [0.15, 0.2) is 4.34 Å². The molecule has 0 saturated heterocycles. The molecule has 0 aliphatic rings. The van der Waals surface area contributed by atoms with Gasteiger partial charge in [0.15, 0.2) is 0 Å². The van der Waals surface area contributed by atoms with Crippen molar-refractivity contribution >= 4 is 32.4 Å². The molecule has 0 aliphatic carbocycles. The normalized spacial score (nSPS) is 13.2. The molecule has 114 valence electrons. The largest absolute Gasteiger partial charge is 0.330 e. The Labute approximate surface area is 122 Å². The van der Waals surface area contributed by atoms with Gasteiger partial charge < -0.3 is 11.1 Å². The molecule has 0 saturated carbocycles. The number of hydrogen-bond donors (Lipinski definition) is 3. The Morgan fingerprint density at radius 1 is 1.45 bits per heavy atom. The summed E-state index contributed by atoms with van der Waals surface area (Å²) in [6.07, 6.45) is 1.60. The predicted octanol–water partition coefficient (Wildman–Crippen LogP) is 0.150. The molecule has 0 aliphatic heterocycles. The summed E-state index contributed by atoms with van der Waals surface area (Å²) in [5.41, 5.74) is 5.47. The fourth-order valence-electron chi connectivity index (χ4n) is 1.49. The van der Waals surface area contributed by atoms with Crippen LogP contribution in [0.4, 0.5) is 5.13 Å². The van der Waals surface area contributed by atoms with Crippen LogP contribution in [0.25, 0.3) is 0 Å². The van der Waals surface area contributed by atoms with Gasteiger partial charge in [0.25, 0.3) is 10.0 Å². The minimum absolute atomic E-state index is 0.159. The molecule has 1 atom stereocenters. The highest BCUT2D eigenvalue weighted by atomic mass is 32.2. The molecule has 1 unspecified atom stereocenters. The topological polar surface area (TPSA) is 127 Å². The van der Waals surface area contributed by atoms with E-state index >= 15 is 0 Å². The van der Waals surface area contributed by atoms with Gasteiger partial charge in [0.2, 0.25) is 15.4 Å². The predicted molar refractivity (Wildman–Crippen MR) is 76.9 cm³/mol. The number of nitrogens with one attached hydrogen (secondary N) is 2. The Morgan fingerprint density at radius 2 is 2.15 bits per heavy atom. The van der Waals surface area contributed by atoms with Crippen molar-refractivity contribution in [2.75, 3.05) is 18.4 Å². The average Bonchev–Trinajstić information content (AvgIpc) is 2.82. The summed E-state index contributed by atoms with van der Waals surface area (Å²) in [7, 11) is -3.70. The first kappa shape index (κ1) is 17.0. The summed E-state index contributed by atoms with van der Waals surface area (Å²) in [6, 6.07) is 0. The molecule has 1 heterocycles. The molecule has 0 fully saturated rings. The van der Waals surface area contributed by atoms with Crippen molar-refractivity contribution in [3.05, 3.63) is 0 Å². The number of anilines is 1. The molecule has 1 amide bonds. The standard InChI is InChI=1S/C10H19N5O3S2/c1-3-8(4-5-11)6-12-20(17,18)10-15-14-9(19-10)13-7(2)16/h8,12H,3-6,11H2,1-2H3,(H,13,14,16). The van der Waals surface area contributed by atoms with Gasteiger partial charge in [-0.05, 0) is 18.9 Å². The van der Waals surface area contributed by atoms with Crippen molar-refractivity contribution in [1.82, 2.24) is 14.9 Å². The smallest absolute Gasteiger partial charge is 0.269 e. The van der Waals surface area contributed by atoms with Crippen molar-refractivity contribution in [3.8, 4) is 0 Å². The van der Waals surface area contributed by atoms with Crippen molar-refractivity contribution in [2.24, 2.45) is 11.7 Å². The van der Waals surface area contributed by atoms with E-state index in [-0.39, 0.29) is 21.3 Å². The molecule has 0 bridgehead atoms. The van der Waals surface area contributed by atoms with Crippen LogP contribution in [0.5, 0.6) is 0 Å². The van der Waals surface area contributed by atoms with E-state index < -0.39 is 10.0 Å². The monoisotopic (exact) mass is 321 g/mol. The third-order valence-corrected chi connectivity index (χ3v) is 5.26. The minimum atomic E-state index is -3.70. The number of nitrogens with zero attached hydrogens (tertiary/aromatic N) is 2. The van der Waals surface area contributed by atoms with Crippen molar-refractivity contribution in [3.63, 3.8) is 0 Å². The van der Waals surface area contributed by atoms with Gasteiger partial charge in [0.1, 0.15) is 0 Å². The molecule has 0 radical (unpaired) electrons. The molecule has 8 nitrogen and oxygen atoms in total. The number of carbonyl (C=O) groups is 1. The SMILES string of the molecule is CCC(CCN)CNS(=O)(=O)c1nnc(NC(C)=O)s1. The van der Waals surface area contributed by atoms with Gasteiger partial charge in [-0.3, -0.25) is 4.79 Å². The summed E-state index contributed by atoms with van der Waals surface area (Å²) in [4.78, 5) is 10.8. The number of nitrogens with two attached hydrogens (primary N) is 1. The molecule has 1 rings (SSSR count). The van der Waals surface area contributed by atoms with Gasteiger partial charge in [-0.15, -0.1) is 10.2 Å². The van der Waals surface area contributed by atoms with Crippen LogP contribution in [-0.4, -0.2) is 37.6 Å². The highest BCUT2D eigenvalue weighted by molar-refractivity contribution is 7.91. The zero-order chi connectivity index (χ0) is 15.2.